The Morgan fingerprint density at radius 1 is 0.848 bits per heavy atom. The van der Waals surface area contributed by atoms with Crippen molar-refractivity contribution in [3.8, 4) is 17.0 Å². The average molecular weight is 436 g/mol. The molecule has 0 N–H and O–H groups in total. The number of aromatic nitrogens is 2. The summed E-state index contributed by atoms with van der Waals surface area (Å²) in [5.41, 5.74) is 3.10. The highest BCUT2D eigenvalue weighted by Crippen LogP contribution is 2.31. The van der Waals surface area contributed by atoms with Gasteiger partial charge in [0.1, 0.15) is 12.1 Å². The van der Waals surface area contributed by atoms with Crippen LogP contribution in [0.25, 0.3) is 27.5 Å². The van der Waals surface area contributed by atoms with E-state index in [1.165, 1.54) is 7.11 Å². The van der Waals surface area contributed by atoms with Crippen molar-refractivity contribution in [1.82, 2.24) is 9.38 Å². The molecule has 0 spiro atoms. The van der Waals surface area contributed by atoms with Crippen molar-refractivity contribution >= 4 is 28.0 Å². The molecule has 0 bridgehead atoms. The zero-order valence-electron chi connectivity index (χ0n) is 18.1. The first-order valence-corrected chi connectivity index (χ1v) is 10.4. The second-order valence-corrected chi connectivity index (χ2v) is 7.52. The van der Waals surface area contributed by atoms with Crippen LogP contribution in [0.2, 0.25) is 0 Å². The van der Waals surface area contributed by atoms with E-state index in [1.54, 1.807) is 36.0 Å². The van der Waals surface area contributed by atoms with E-state index in [4.69, 9.17) is 9.47 Å². The molecule has 162 valence electrons. The maximum atomic E-state index is 13.6. The minimum absolute atomic E-state index is 0.205. The molecule has 2 heterocycles. The molecule has 0 saturated carbocycles. The predicted molar refractivity (Wildman–Crippen MR) is 126 cm³/mol. The first kappa shape index (κ1) is 20.5. The third-order valence-electron chi connectivity index (χ3n) is 5.72. The van der Waals surface area contributed by atoms with Gasteiger partial charge in [0.15, 0.2) is 0 Å². The predicted octanol–water partition coefficient (Wildman–Crippen LogP) is 5.18. The van der Waals surface area contributed by atoms with Gasteiger partial charge in [0.2, 0.25) is 5.78 Å². The summed E-state index contributed by atoms with van der Waals surface area (Å²) in [6.07, 6.45) is 1.56. The van der Waals surface area contributed by atoms with E-state index in [-0.39, 0.29) is 5.78 Å². The molecule has 0 aliphatic heterocycles. The summed E-state index contributed by atoms with van der Waals surface area (Å²) in [7, 11) is 2.91. The minimum Gasteiger partial charge on any atom is -0.496 e. The molecule has 0 unspecified atom stereocenters. The molecule has 0 radical (unpaired) electrons. The van der Waals surface area contributed by atoms with E-state index in [0.29, 0.717) is 33.8 Å². The summed E-state index contributed by atoms with van der Waals surface area (Å²) in [6, 6.07) is 24.1. The summed E-state index contributed by atoms with van der Waals surface area (Å²) in [4.78, 5) is 30.8. The van der Waals surface area contributed by atoms with Gasteiger partial charge in [-0.15, -0.1) is 0 Å². The van der Waals surface area contributed by atoms with Crippen LogP contribution in [-0.2, 0) is 4.74 Å². The van der Waals surface area contributed by atoms with Crippen LogP contribution < -0.4 is 4.74 Å². The number of para-hydroxylation sites is 1. The van der Waals surface area contributed by atoms with Crippen molar-refractivity contribution in [2.24, 2.45) is 0 Å². The second kappa shape index (κ2) is 8.24. The smallest absolute Gasteiger partial charge is 0.340 e. The van der Waals surface area contributed by atoms with Crippen LogP contribution in [-0.4, -0.2) is 35.4 Å². The van der Waals surface area contributed by atoms with Crippen molar-refractivity contribution in [1.29, 1.82) is 0 Å². The molecular formula is C27H20N2O4. The van der Waals surface area contributed by atoms with Gasteiger partial charge >= 0.3 is 5.97 Å². The molecule has 0 saturated heterocycles. The van der Waals surface area contributed by atoms with E-state index >= 15 is 0 Å². The van der Waals surface area contributed by atoms with Gasteiger partial charge in [0, 0.05) is 11.1 Å². The molecule has 33 heavy (non-hydrogen) atoms. The Labute approximate surface area is 190 Å². The number of rotatable bonds is 5. The Bertz CT molecular complexity index is 1530. The molecule has 0 amide bonds. The van der Waals surface area contributed by atoms with Gasteiger partial charge in [0.05, 0.1) is 36.7 Å². The average Bonchev–Trinajstić information content (AvgIpc) is 3.26. The maximum Gasteiger partial charge on any atom is 0.340 e. The van der Waals surface area contributed by atoms with Crippen molar-refractivity contribution in [3.63, 3.8) is 0 Å². The monoisotopic (exact) mass is 436 g/mol. The SMILES string of the molecule is COC(=O)c1cc(C(=O)c2cccc3ccccc23)n2cnc(-c3ccccc3OC)cc12. The highest BCUT2D eigenvalue weighted by atomic mass is 16.5. The molecule has 0 aliphatic rings. The van der Waals surface area contributed by atoms with E-state index in [2.05, 4.69) is 4.98 Å². The molecule has 0 fully saturated rings. The van der Waals surface area contributed by atoms with Gasteiger partial charge in [0.25, 0.3) is 0 Å². The molecule has 6 nitrogen and oxygen atoms in total. The number of hydrogen-bond acceptors (Lipinski definition) is 5. The number of fused-ring (bicyclic) bond motifs is 2. The third kappa shape index (κ3) is 3.42. The fourth-order valence-electron chi connectivity index (χ4n) is 4.11. The molecule has 2 aromatic heterocycles. The molecular weight excluding hydrogens is 416 g/mol. The lowest BCUT2D eigenvalue weighted by molar-refractivity contribution is 0.0603. The Morgan fingerprint density at radius 2 is 1.61 bits per heavy atom. The zero-order chi connectivity index (χ0) is 22.9. The van der Waals surface area contributed by atoms with Gasteiger partial charge in [-0.1, -0.05) is 54.6 Å². The first-order chi connectivity index (χ1) is 16.1. The van der Waals surface area contributed by atoms with Crippen molar-refractivity contribution < 1.29 is 19.1 Å². The van der Waals surface area contributed by atoms with E-state index in [9.17, 15) is 9.59 Å². The lowest BCUT2D eigenvalue weighted by Gasteiger charge is -2.09. The number of ketones is 1. The molecule has 5 aromatic rings. The molecule has 0 atom stereocenters. The van der Waals surface area contributed by atoms with Crippen LogP contribution in [0.1, 0.15) is 26.4 Å². The van der Waals surface area contributed by atoms with E-state index in [0.717, 1.165) is 16.3 Å². The Balaban J connectivity index is 1.72. The summed E-state index contributed by atoms with van der Waals surface area (Å²) >= 11 is 0. The number of ether oxygens (including phenoxy) is 2. The number of carbonyl (C=O) groups excluding carboxylic acids is 2. The number of esters is 1. The number of methoxy groups -OCH3 is 2. The van der Waals surface area contributed by atoms with Crippen LogP contribution in [0, 0.1) is 0 Å². The van der Waals surface area contributed by atoms with Crippen molar-refractivity contribution in [2.75, 3.05) is 14.2 Å². The van der Waals surface area contributed by atoms with Crippen molar-refractivity contribution in [3.05, 3.63) is 102 Å². The van der Waals surface area contributed by atoms with Crippen LogP contribution in [0.15, 0.2) is 85.2 Å². The van der Waals surface area contributed by atoms with Gasteiger partial charge < -0.3 is 9.47 Å². The van der Waals surface area contributed by atoms with Gasteiger partial charge in [-0.25, -0.2) is 9.78 Å². The van der Waals surface area contributed by atoms with E-state index < -0.39 is 5.97 Å². The molecule has 6 heteroatoms. The van der Waals surface area contributed by atoms with Crippen LogP contribution in [0.4, 0.5) is 0 Å². The van der Waals surface area contributed by atoms with Crippen LogP contribution >= 0.6 is 0 Å². The number of benzene rings is 3. The van der Waals surface area contributed by atoms with Crippen molar-refractivity contribution in [2.45, 2.75) is 0 Å². The van der Waals surface area contributed by atoms with Gasteiger partial charge in [-0.2, -0.15) is 0 Å². The molecule has 5 rings (SSSR count). The Morgan fingerprint density at radius 3 is 2.42 bits per heavy atom. The Hall–Kier alpha value is -4.45. The fourth-order valence-corrected chi connectivity index (χ4v) is 4.11. The fraction of sp³-hybridized carbons (Fsp3) is 0.0741. The normalized spacial score (nSPS) is 11.0. The lowest BCUT2D eigenvalue weighted by atomic mass is 10.00. The highest BCUT2D eigenvalue weighted by Gasteiger charge is 2.23. The van der Waals surface area contributed by atoms with Gasteiger partial charge in [-0.05, 0) is 35.0 Å². The summed E-state index contributed by atoms with van der Waals surface area (Å²) < 4.78 is 12.1. The topological polar surface area (TPSA) is 69.9 Å². The zero-order valence-corrected chi connectivity index (χ0v) is 18.1. The van der Waals surface area contributed by atoms with Crippen LogP contribution in [0.5, 0.6) is 5.75 Å². The standard InChI is InChI=1S/C27H20N2O4/c1-32-25-13-6-5-11-20(25)22-15-23-21(27(31)33-2)14-24(29(23)16-28-22)26(30)19-12-7-9-17-8-3-4-10-18(17)19/h3-16H,1-2H3. The Kier molecular flexibility index (Phi) is 5.11. The van der Waals surface area contributed by atoms with Gasteiger partial charge in [-0.3, -0.25) is 9.20 Å². The number of carbonyl (C=O) groups is 2. The second-order valence-electron chi connectivity index (χ2n) is 7.52. The van der Waals surface area contributed by atoms with Crippen LogP contribution in [0.3, 0.4) is 0 Å². The summed E-state index contributed by atoms with van der Waals surface area (Å²) in [6.45, 7) is 0. The first-order valence-electron chi connectivity index (χ1n) is 10.4. The van der Waals surface area contributed by atoms with E-state index in [1.807, 2.05) is 60.7 Å². The summed E-state index contributed by atoms with van der Waals surface area (Å²) in [5, 5.41) is 1.81. The number of nitrogens with zero attached hydrogens (tertiary/aromatic N) is 2. The number of hydrogen-bond donors (Lipinski definition) is 0. The third-order valence-corrected chi connectivity index (χ3v) is 5.72. The molecule has 3 aromatic carbocycles. The minimum atomic E-state index is -0.526. The lowest BCUT2D eigenvalue weighted by Crippen LogP contribution is -2.06. The molecule has 0 aliphatic carbocycles. The highest BCUT2D eigenvalue weighted by molar-refractivity contribution is 6.17. The quantitative estimate of drug-likeness (QED) is 0.280. The largest absolute Gasteiger partial charge is 0.496 e. The maximum absolute atomic E-state index is 13.6. The summed E-state index contributed by atoms with van der Waals surface area (Å²) in [5.74, 6) is -0.0713.